The third kappa shape index (κ3) is 24.8. The van der Waals surface area contributed by atoms with Crippen LogP contribution in [0.2, 0.25) is 0 Å². The molecule has 1 aromatic carbocycles. The Balaban J connectivity index is 4.45. The molecular formula is C60H103N15O19. The quantitative estimate of drug-likeness (QED) is 0.0125. The molecule has 0 aliphatic rings. The summed E-state index contributed by atoms with van der Waals surface area (Å²) < 4.78 is 0. The zero-order valence-electron chi connectivity index (χ0n) is 55.4. The largest absolute Gasteiger partial charge is 0.508 e. The Morgan fingerprint density at radius 3 is 1.73 bits per heavy atom. The van der Waals surface area contributed by atoms with Gasteiger partial charge in [-0.05, 0) is 92.7 Å². The molecule has 532 valence electrons. The maximum absolute atomic E-state index is 16.2. The van der Waals surface area contributed by atoms with E-state index in [1.165, 1.54) is 58.9 Å². The van der Waals surface area contributed by atoms with Crippen LogP contribution in [0.25, 0.3) is 0 Å². The molecule has 94 heavy (non-hydrogen) atoms. The van der Waals surface area contributed by atoms with Crippen LogP contribution >= 0.6 is 0 Å². The minimum absolute atomic E-state index is 0.0568. The molecule has 1 rings (SSSR count). The van der Waals surface area contributed by atoms with Crippen molar-refractivity contribution in [2.45, 2.75) is 199 Å². The summed E-state index contributed by atoms with van der Waals surface area (Å²) in [5.41, 5.74) is 26.6. The SMILES string of the molecule is CCC(C)[C@H](NC(=O)[C@@H](CCCNC(=N)N)NC(=O)[C@@](CC(C)C)(C(=O)[C@@H](N)Cc1cccc(O)c1)N(C(=O)[C@H](CC(C)C)NC(=O)[C@@H](CC(C)C)NCCO)C(=O)[C@@H](N)[C@H](O)C(C)C)C(=O)N[C@H](C(=O)NCC(=O)N(C(=O)[C@@H](N)[C@H](O)C(N)=O)[C@@H](CO)C(=O)O)[C@H](C)O. The summed E-state index contributed by atoms with van der Waals surface area (Å²) in [4.78, 5) is 172. The number of nitrogens with one attached hydrogen (secondary N) is 8. The Hall–Kier alpha value is -7.83. The number of aliphatic carboxylic acids is 1. The van der Waals surface area contributed by atoms with Crippen molar-refractivity contribution in [1.82, 2.24) is 47.0 Å². The van der Waals surface area contributed by atoms with Gasteiger partial charge in [0.2, 0.25) is 47.3 Å². The molecule has 1 unspecified atom stereocenters. The number of imide groups is 2. The number of aliphatic hydroxyl groups is 5. The molecule has 1 aromatic rings. The van der Waals surface area contributed by atoms with Crippen molar-refractivity contribution >= 4 is 76.8 Å². The molecule has 34 heteroatoms. The summed E-state index contributed by atoms with van der Waals surface area (Å²) in [6, 6.07) is -11.7. The number of amides is 10. The first-order chi connectivity index (χ1) is 43.7. The first kappa shape index (κ1) is 84.2. The molecule has 0 radical (unpaired) electrons. The number of aliphatic hydroxyl groups excluding tert-OH is 5. The van der Waals surface area contributed by atoms with Gasteiger partial charge in [-0.1, -0.05) is 87.8 Å². The minimum Gasteiger partial charge on any atom is -0.508 e. The second-order valence-corrected chi connectivity index (χ2v) is 25.0. The number of guanidine groups is 1. The van der Waals surface area contributed by atoms with Crippen LogP contribution in [-0.4, -0.2) is 233 Å². The number of phenolic OH excluding ortho intramolecular Hbond substituents is 1. The molecule has 0 bridgehead atoms. The highest BCUT2D eigenvalue weighted by molar-refractivity contribution is 6.20. The average Bonchev–Trinajstić information content (AvgIpc) is 0.742. The molecule has 0 aromatic heterocycles. The molecule has 0 saturated carbocycles. The van der Waals surface area contributed by atoms with Gasteiger partial charge in [0.1, 0.15) is 42.0 Å². The molecule has 0 fully saturated rings. The molecule has 0 spiro atoms. The first-order valence-electron chi connectivity index (χ1n) is 31.1. The van der Waals surface area contributed by atoms with E-state index in [1.54, 1.807) is 20.8 Å². The molecule has 14 atom stereocenters. The van der Waals surface area contributed by atoms with Gasteiger partial charge in [0.25, 0.3) is 11.8 Å². The molecule has 25 N–H and O–H groups in total. The number of rotatable bonds is 42. The number of carbonyl (C=O) groups is 12. The average molecular weight is 1340 g/mol. The van der Waals surface area contributed by atoms with Gasteiger partial charge in [0.15, 0.2) is 29.4 Å². The van der Waals surface area contributed by atoms with Crippen molar-refractivity contribution in [2.75, 3.05) is 32.8 Å². The van der Waals surface area contributed by atoms with Crippen LogP contribution < -0.4 is 65.9 Å². The highest BCUT2D eigenvalue weighted by Gasteiger charge is 2.59. The summed E-state index contributed by atoms with van der Waals surface area (Å²) in [6.45, 7) is 13.8. The fourth-order valence-corrected chi connectivity index (χ4v) is 10.1. The molecule has 0 heterocycles. The lowest BCUT2D eigenvalue weighted by atomic mass is 9.77. The van der Waals surface area contributed by atoms with E-state index in [1.807, 2.05) is 19.2 Å². The van der Waals surface area contributed by atoms with Gasteiger partial charge in [-0.2, -0.15) is 0 Å². The van der Waals surface area contributed by atoms with Gasteiger partial charge >= 0.3 is 5.97 Å². The van der Waals surface area contributed by atoms with E-state index < -0.39 is 211 Å². The van der Waals surface area contributed by atoms with Crippen molar-refractivity contribution in [3.05, 3.63) is 29.8 Å². The Kier molecular flexibility index (Phi) is 35.6. The Bertz CT molecular complexity index is 2770. The van der Waals surface area contributed by atoms with E-state index in [0.29, 0.717) is 4.90 Å². The number of hydrogen-bond acceptors (Lipinski definition) is 23. The number of nitrogens with zero attached hydrogens (tertiary/aromatic N) is 2. The Morgan fingerprint density at radius 1 is 0.670 bits per heavy atom. The van der Waals surface area contributed by atoms with Crippen molar-refractivity contribution in [1.29, 1.82) is 5.41 Å². The highest BCUT2D eigenvalue weighted by atomic mass is 16.4. The van der Waals surface area contributed by atoms with Gasteiger partial charge in [-0.25, -0.2) is 4.79 Å². The maximum atomic E-state index is 16.2. The number of carboxylic acid groups (broad SMARTS) is 1. The lowest BCUT2D eigenvalue weighted by molar-refractivity contribution is -0.169. The number of nitrogens with two attached hydrogens (primary N) is 5. The molecule has 34 nitrogen and oxygen atoms in total. The topological polar surface area (TPSA) is 591 Å². The number of primary amides is 1. The molecule has 0 saturated heterocycles. The summed E-state index contributed by atoms with van der Waals surface area (Å²) in [6.07, 6.45) is -7.92. The number of phenols is 1. The van der Waals surface area contributed by atoms with Crippen LogP contribution in [0.15, 0.2) is 24.3 Å². The van der Waals surface area contributed by atoms with E-state index >= 15 is 24.0 Å². The van der Waals surface area contributed by atoms with Gasteiger partial charge in [-0.15, -0.1) is 0 Å². The van der Waals surface area contributed by atoms with E-state index in [2.05, 4.69) is 31.9 Å². The van der Waals surface area contributed by atoms with Crippen molar-refractivity contribution in [3.8, 4) is 5.75 Å². The third-order valence-corrected chi connectivity index (χ3v) is 15.3. The molecule has 10 amide bonds. The predicted octanol–water partition coefficient (Wildman–Crippen LogP) is -5.92. The minimum atomic E-state index is -3.18. The van der Waals surface area contributed by atoms with Crippen LogP contribution in [-0.2, 0) is 64.0 Å². The van der Waals surface area contributed by atoms with E-state index in [9.17, 15) is 69.3 Å². The number of benzene rings is 1. The zero-order valence-corrected chi connectivity index (χ0v) is 55.4. The van der Waals surface area contributed by atoms with E-state index in [0.717, 1.165) is 6.92 Å². The number of carboxylic acids is 1. The number of Topliss-reactive ketones (excluding diaryl/α,β-unsaturated/α-hetero) is 1. The van der Waals surface area contributed by atoms with Crippen LogP contribution in [0.5, 0.6) is 5.75 Å². The molecule has 0 aliphatic carbocycles. The number of ketones is 1. The Labute approximate surface area is 546 Å². The van der Waals surface area contributed by atoms with Crippen LogP contribution in [0.4, 0.5) is 0 Å². The lowest BCUT2D eigenvalue weighted by Crippen LogP contribution is -2.75. The van der Waals surface area contributed by atoms with Crippen molar-refractivity contribution in [3.63, 3.8) is 0 Å². The monoisotopic (exact) mass is 1340 g/mol. The highest BCUT2D eigenvalue weighted by Crippen LogP contribution is 2.33. The molecule has 0 aliphatic heterocycles. The van der Waals surface area contributed by atoms with Gasteiger partial charge in [0, 0.05) is 13.1 Å². The predicted molar refractivity (Wildman–Crippen MR) is 340 cm³/mol. The fraction of sp³-hybridized carbons (Fsp3) is 0.683. The van der Waals surface area contributed by atoms with Crippen LogP contribution in [0.1, 0.15) is 120 Å². The summed E-state index contributed by atoms with van der Waals surface area (Å²) >= 11 is 0. The number of hydrogen-bond donors (Lipinski definition) is 20. The maximum Gasteiger partial charge on any atom is 0.329 e. The number of carbonyl (C=O) groups excluding carboxylic acids is 11. The van der Waals surface area contributed by atoms with Crippen LogP contribution in [0, 0.1) is 35.0 Å². The number of aromatic hydroxyl groups is 1. The van der Waals surface area contributed by atoms with E-state index in [-0.39, 0.29) is 67.5 Å². The normalized spacial score (nSPS) is 16.4. The second kappa shape index (κ2) is 39.8. The smallest absolute Gasteiger partial charge is 0.329 e. The third-order valence-electron chi connectivity index (χ3n) is 15.3. The van der Waals surface area contributed by atoms with Gasteiger partial charge in [0.05, 0.1) is 44.1 Å². The van der Waals surface area contributed by atoms with Gasteiger partial charge in [-0.3, -0.25) is 67.9 Å². The summed E-state index contributed by atoms with van der Waals surface area (Å²) in [5.74, 6) is -21.1. The summed E-state index contributed by atoms with van der Waals surface area (Å²) in [5, 5.41) is 97.5. The van der Waals surface area contributed by atoms with Crippen LogP contribution in [0.3, 0.4) is 0 Å². The first-order valence-corrected chi connectivity index (χ1v) is 31.1. The van der Waals surface area contributed by atoms with Crippen molar-refractivity contribution < 1.29 is 93.3 Å². The van der Waals surface area contributed by atoms with E-state index in [4.69, 9.17) is 34.1 Å². The standard InChI is InChI=1S/C60H103N15O19/c1-12-32(10)44(53(88)73-45(33(11)78)52(87)69-26-41(80)74(40(27-77)57(92)93)55(90)43(63)47(82)49(64)84)72-50(85)37(17-14-18-68-59(65)66)71-58(94)60(25-30(6)7,48(83)36(61)24-34-15-13-16-35(79)23-34)75(56(91)42(62)46(81)31(8)9)54(89)39(22-29(4)5)70-51(86)38(21-28(2)3)67-19-20-76/h13,15-16,23,28-33,36-40,42-47,67,76-79,81-82H,12,14,17-22,24-27,61-63H2,1-11H3,(H2,64,84)(H,69,87)(H,70,86)(H,71,94)(H,72,85)(H,73,88)(H,92,93)(H4,65,66,68)/t32?,33-,36-,37+,38+,39-,40-,42-,43-,44-,45-,46+,47-,60+/m0/s1. The lowest BCUT2D eigenvalue weighted by Gasteiger charge is -2.45. The molecular weight excluding hydrogens is 1230 g/mol. The second-order valence-electron chi connectivity index (χ2n) is 25.0. The summed E-state index contributed by atoms with van der Waals surface area (Å²) in [7, 11) is 0. The van der Waals surface area contributed by atoms with Gasteiger partial charge < -0.3 is 102 Å². The Morgan fingerprint density at radius 2 is 1.24 bits per heavy atom. The fourth-order valence-electron chi connectivity index (χ4n) is 10.1. The zero-order chi connectivity index (χ0) is 72.4. The van der Waals surface area contributed by atoms with Crippen molar-refractivity contribution in [2.24, 2.45) is 58.3 Å².